The number of aromatic hydroxyl groups is 1. The normalized spacial score (nSPS) is 10.9. The van der Waals surface area contributed by atoms with Crippen molar-refractivity contribution in [3.63, 3.8) is 0 Å². The van der Waals surface area contributed by atoms with E-state index in [0.29, 0.717) is 28.3 Å². The van der Waals surface area contributed by atoms with Gasteiger partial charge in [-0.3, -0.25) is 9.36 Å². The summed E-state index contributed by atoms with van der Waals surface area (Å²) < 4.78 is 19.7. The van der Waals surface area contributed by atoms with Crippen LogP contribution in [0.3, 0.4) is 0 Å². The Labute approximate surface area is 130 Å². The summed E-state index contributed by atoms with van der Waals surface area (Å²) in [5.41, 5.74) is 2.08. The summed E-state index contributed by atoms with van der Waals surface area (Å²) in [5.74, 6) is -0.706. The van der Waals surface area contributed by atoms with Crippen LogP contribution in [0.25, 0.3) is 11.3 Å². The Balaban J connectivity index is 1.89. The molecular weight excluding hydrogens is 301 g/mol. The van der Waals surface area contributed by atoms with Gasteiger partial charge in [-0.15, -0.1) is 0 Å². The number of aromatic nitrogens is 3. The number of nitrogens with zero attached hydrogens (tertiary/aromatic N) is 3. The predicted octanol–water partition coefficient (Wildman–Crippen LogP) is 2.41. The van der Waals surface area contributed by atoms with E-state index in [-0.39, 0.29) is 12.1 Å². The first-order valence-corrected chi connectivity index (χ1v) is 6.93. The molecule has 0 fully saturated rings. The van der Waals surface area contributed by atoms with Crippen molar-refractivity contribution in [3.05, 3.63) is 63.8 Å². The fraction of sp³-hybridized carbons (Fsp3) is 0.188. The summed E-state index contributed by atoms with van der Waals surface area (Å²) in [7, 11) is 0. The van der Waals surface area contributed by atoms with E-state index in [9.17, 15) is 14.3 Å². The predicted molar refractivity (Wildman–Crippen MR) is 80.6 cm³/mol. The third kappa shape index (κ3) is 2.85. The fourth-order valence-electron chi connectivity index (χ4n) is 2.15. The average Bonchev–Trinajstić information content (AvgIpc) is 2.99. The lowest BCUT2D eigenvalue weighted by molar-refractivity contribution is 0.376. The molecule has 0 aliphatic carbocycles. The van der Waals surface area contributed by atoms with Crippen molar-refractivity contribution < 1.29 is 14.0 Å². The lowest BCUT2D eigenvalue weighted by Crippen LogP contribution is -2.24. The van der Waals surface area contributed by atoms with Crippen LogP contribution < -0.4 is 5.56 Å². The summed E-state index contributed by atoms with van der Waals surface area (Å²) in [4.78, 5) is 16.3. The number of phenols is 1. The molecule has 118 valence electrons. The fourth-order valence-corrected chi connectivity index (χ4v) is 2.15. The van der Waals surface area contributed by atoms with Gasteiger partial charge in [-0.1, -0.05) is 5.16 Å². The highest BCUT2D eigenvalue weighted by Gasteiger charge is 2.11. The second-order valence-electron chi connectivity index (χ2n) is 5.23. The highest BCUT2D eigenvalue weighted by Crippen LogP contribution is 2.25. The molecule has 0 saturated heterocycles. The van der Waals surface area contributed by atoms with Crippen LogP contribution >= 0.6 is 0 Å². The molecule has 0 aliphatic heterocycles. The standard InChI is InChI=1S/C16H14FN3O3/c1-9-10(2)18-8-20(16(9)22)7-12-6-14(19-23-12)11-3-4-13(17)15(21)5-11/h3-6,8,21H,7H2,1-2H3. The van der Waals surface area contributed by atoms with Gasteiger partial charge in [0, 0.05) is 22.9 Å². The van der Waals surface area contributed by atoms with Crippen LogP contribution in [0.15, 0.2) is 39.9 Å². The smallest absolute Gasteiger partial charge is 0.256 e. The van der Waals surface area contributed by atoms with Crippen LogP contribution in [0.1, 0.15) is 17.0 Å². The van der Waals surface area contributed by atoms with Gasteiger partial charge in [-0.25, -0.2) is 9.37 Å². The zero-order valence-electron chi connectivity index (χ0n) is 12.6. The largest absolute Gasteiger partial charge is 0.505 e. The van der Waals surface area contributed by atoms with Gasteiger partial charge in [0.2, 0.25) is 0 Å². The van der Waals surface area contributed by atoms with Gasteiger partial charge >= 0.3 is 0 Å². The van der Waals surface area contributed by atoms with Gasteiger partial charge in [0.15, 0.2) is 17.3 Å². The van der Waals surface area contributed by atoms with E-state index in [2.05, 4.69) is 10.1 Å². The second kappa shape index (κ2) is 5.68. The molecule has 0 radical (unpaired) electrons. The Morgan fingerprint density at radius 3 is 2.83 bits per heavy atom. The maximum absolute atomic E-state index is 13.1. The van der Waals surface area contributed by atoms with Gasteiger partial charge in [0.05, 0.1) is 12.9 Å². The SMILES string of the molecule is Cc1ncn(Cc2cc(-c3ccc(F)c(O)c3)no2)c(=O)c1C. The molecule has 0 unspecified atom stereocenters. The highest BCUT2D eigenvalue weighted by molar-refractivity contribution is 5.60. The Morgan fingerprint density at radius 2 is 2.09 bits per heavy atom. The summed E-state index contributed by atoms with van der Waals surface area (Å²) in [6.07, 6.45) is 1.45. The molecule has 3 rings (SSSR count). The van der Waals surface area contributed by atoms with Crippen molar-refractivity contribution in [2.45, 2.75) is 20.4 Å². The van der Waals surface area contributed by atoms with Gasteiger partial charge in [-0.2, -0.15) is 0 Å². The summed E-state index contributed by atoms with van der Waals surface area (Å²) in [5, 5.41) is 13.3. The number of phenolic OH excluding ortho intramolecular Hbond substituents is 1. The van der Waals surface area contributed by atoms with Gasteiger partial charge in [-0.05, 0) is 32.0 Å². The highest BCUT2D eigenvalue weighted by atomic mass is 19.1. The summed E-state index contributed by atoms with van der Waals surface area (Å²) >= 11 is 0. The summed E-state index contributed by atoms with van der Waals surface area (Å²) in [6.45, 7) is 3.68. The van der Waals surface area contributed by atoms with Crippen LogP contribution in [-0.4, -0.2) is 19.8 Å². The van der Waals surface area contributed by atoms with E-state index < -0.39 is 11.6 Å². The third-order valence-electron chi connectivity index (χ3n) is 3.64. The van der Waals surface area contributed by atoms with E-state index in [0.717, 1.165) is 6.07 Å². The molecule has 6 nitrogen and oxygen atoms in total. The van der Waals surface area contributed by atoms with Crippen molar-refractivity contribution in [2.24, 2.45) is 0 Å². The lowest BCUT2D eigenvalue weighted by atomic mass is 10.1. The molecule has 0 saturated carbocycles. The molecule has 2 heterocycles. The maximum atomic E-state index is 13.1. The number of benzene rings is 1. The van der Waals surface area contributed by atoms with Gasteiger partial charge < -0.3 is 9.63 Å². The molecule has 23 heavy (non-hydrogen) atoms. The minimum atomic E-state index is -0.703. The third-order valence-corrected chi connectivity index (χ3v) is 3.64. The van der Waals surface area contributed by atoms with E-state index in [1.165, 1.54) is 23.0 Å². The number of hydrogen-bond acceptors (Lipinski definition) is 5. The molecule has 3 aromatic rings. The molecule has 0 spiro atoms. The van der Waals surface area contributed by atoms with Crippen LogP contribution in [0.2, 0.25) is 0 Å². The van der Waals surface area contributed by atoms with Crippen molar-refractivity contribution in [1.29, 1.82) is 0 Å². The molecular formula is C16H14FN3O3. The Kier molecular flexibility index (Phi) is 3.69. The first kappa shape index (κ1) is 15.0. The zero-order chi connectivity index (χ0) is 16.6. The van der Waals surface area contributed by atoms with E-state index >= 15 is 0 Å². The van der Waals surface area contributed by atoms with Crippen LogP contribution in [-0.2, 0) is 6.54 Å². The van der Waals surface area contributed by atoms with Crippen molar-refractivity contribution in [3.8, 4) is 17.0 Å². The van der Waals surface area contributed by atoms with E-state index in [4.69, 9.17) is 4.52 Å². The molecule has 1 aromatic carbocycles. The van der Waals surface area contributed by atoms with Crippen LogP contribution in [0.4, 0.5) is 4.39 Å². The lowest BCUT2D eigenvalue weighted by Gasteiger charge is -2.04. The van der Waals surface area contributed by atoms with Crippen molar-refractivity contribution in [2.75, 3.05) is 0 Å². The monoisotopic (exact) mass is 315 g/mol. The topological polar surface area (TPSA) is 81.2 Å². The molecule has 0 bridgehead atoms. The first-order valence-electron chi connectivity index (χ1n) is 6.93. The van der Waals surface area contributed by atoms with Crippen LogP contribution in [0.5, 0.6) is 5.75 Å². The molecule has 0 atom stereocenters. The zero-order valence-corrected chi connectivity index (χ0v) is 12.6. The molecule has 0 amide bonds. The molecule has 0 aliphatic rings. The van der Waals surface area contributed by atoms with Crippen LogP contribution in [0, 0.1) is 19.7 Å². The Morgan fingerprint density at radius 1 is 1.30 bits per heavy atom. The van der Waals surface area contributed by atoms with Gasteiger partial charge in [0.1, 0.15) is 5.69 Å². The quantitative estimate of drug-likeness (QED) is 0.802. The van der Waals surface area contributed by atoms with Gasteiger partial charge in [0.25, 0.3) is 5.56 Å². The summed E-state index contributed by atoms with van der Waals surface area (Å²) in [6, 6.07) is 5.53. The molecule has 1 N–H and O–H groups in total. The molecule has 2 aromatic heterocycles. The maximum Gasteiger partial charge on any atom is 0.256 e. The van der Waals surface area contributed by atoms with Crippen molar-refractivity contribution in [1.82, 2.24) is 14.7 Å². The number of aryl methyl sites for hydroxylation is 1. The minimum Gasteiger partial charge on any atom is -0.505 e. The first-order chi connectivity index (χ1) is 11.0. The minimum absolute atomic E-state index is 0.144. The Hall–Kier alpha value is -2.96. The Bertz CT molecular complexity index is 931. The van der Waals surface area contributed by atoms with E-state index in [1.54, 1.807) is 19.9 Å². The van der Waals surface area contributed by atoms with E-state index in [1.807, 2.05) is 0 Å². The molecule has 7 heteroatoms. The second-order valence-corrected chi connectivity index (χ2v) is 5.23. The number of halogens is 1. The number of rotatable bonds is 3. The number of hydrogen-bond donors (Lipinski definition) is 1. The van der Waals surface area contributed by atoms with Crippen molar-refractivity contribution >= 4 is 0 Å². The average molecular weight is 315 g/mol.